The summed E-state index contributed by atoms with van der Waals surface area (Å²) in [4.78, 5) is 1.14. The van der Waals surface area contributed by atoms with Crippen molar-refractivity contribution in [3.8, 4) is 5.75 Å². The van der Waals surface area contributed by atoms with Crippen molar-refractivity contribution in [3.63, 3.8) is 0 Å². The van der Waals surface area contributed by atoms with Gasteiger partial charge in [0, 0.05) is 16.2 Å². The molecule has 1 rings (SSSR count). The molecule has 3 heteroatoms. The topological polar surface area (TPSA) is 35.2 Å². The zero-order valence-electron chi connectivity index (χ0n) is 8.91. The van der Waals surface area contributed by atoms with Gasteiger partial charge < -0.3 is 10.5 Å². The van der Waals surface area contributed by atoms with E-state index in [0.717, 1.165) is 10.6 Å². The highest BCUT2D eigenvalue weighted by atomic mass is 32.2. The van der Waals surface area contributed by atoms with Crippen molar-refractivity contribution in [3.05, 3.63) is 24.3 Å². The molecular weight excluding hydrogens is 194 g/mol. The van der Waals surface area contributed by atoms with Crippen molar-refractivity contribution in [2.24, 2.45) is 5.73 Å². The Hall–Kier alpha value is -0.670. The summed E-state index contributed by atoms with van der Waals surface area (Å²) in [5, 5.41) is 0. The van der Waals surface area contributed by atoms with E-state index < -0.39 is 0 Å². The molecule has 0 aliphatic carbocycles. The van der Waals surface area contributed by atoms with Gasteiger partial charge in [-0.05, 0) is 26.0 Å². The largest absolute Gasteiger partial charge is 0.496 e. The molecule has 0 spiro atoms. The fourth-order valence-corrected chi connectivity index (χ4v) is 2.12. The number of nitrogens with two attached hydrogens (primary N) is 1. The Bertz CT molecular complexity index is 299. The molecule has 14 heavy (non-hydrogen) atoms. The Labute approximate surface area is 89.8 Å². The molecule has 0 aliphatic heterocycles. The smallest absolute Gasteiger partial charge is 0.132 e. The van der Waals surface area contributed by atoms with Gasteiger partial charge in [-0.25, -0.2) is 0 Å². The Morgan fingerprint density at radius 3 is 2.57 bits per heavy atom. The average Bonchev–Trinajstić information content (AvgIpc) is 2.18. The van der Waals surface area contributed by atoms with Crippen molar-refractivity contribution >= 4 is 11.8 Å². The van der Waals surface area contributed by atoms with E-state index in [1.54, 1.807) is 18.9 Å². The fraction of sp³-hybridized carbons (Fsp3) is 0.455. The standard InChI is InChI=1S/C11H17NOS/c1-11(2,8-12)14-10-7-5-4-6-9(10)13-3/h4-7H,8,12H2,1-3H3. The van der Waals surface area contributed by atoms with Crippen LogP contribution >= 0.6 is 11.8 Å². The lowest BCUT2D eigenvalue weighted by atomic mass is 10.2. The quantitative estimate of drug-likeness (QED) is 0.777. The number of hydrogen-bond donors (Lipinski definition) is 1. The molecule has 0 bridgehead atoms. The van der Waals surface area contributed by atoms with Crippen molar-refractivity contribution < 1.29 is 4.74 Å². The highest BCUT2D eigenvalue weighted by Crippen LogP contribution is 2.37. The van der Waals surface area contributed by atoms with Gasteiger partial charge in [0.1, 0.15) is 5.75 Å². The molecule has 2 nitrogen and oxygen atoms in total. The van der Waals surface area contributed by atoms with E-state index in [4.69, 9.17) is 10.5 Å². The molecule has 0 radical (unpaired) electrons. The summed E-state index contributed by atoms with van der Waals surface area (Å²) in [7, 11) is 1.69. The summed E-state index contributed by atoms with van der Waals surface area (Å²) in [6.07, 6.45) is 0. The second-order valence-electron chi connectivity index (χ2n) is 3.72. The van der Waals surface area contributed by atoms with Crippen LogP contribution in [-0.2, 0) is 0 Å². The van der Waals surface area contributed by atoms with E-state index in [9.17, 15) is 0 Å². The monoisotopic (exact) mass is 211 g/mol. The highest BCUT2D eigenvalue weighted by molar-refractivity contribution is 8.00. The summed E-state index contributed by atoms with van der Waals surface area (Å²) < 4.78 is 5.32. The summed E-state index contributed by atoms with van der Waals surface area (Å²) in [5.74, 6) is 0.916. The summed E-state index contributed by atoms with van der Waals surface area (Å²) >= 11 is 1.75. The van der Waals surface area contributed by atoms with E-state index in [2.05, 4.69) is 19.9 Å². The maximum atomic E-state index is 5.68. The van der Waals surface area contributed by atoms with Gasteiger partial charge in [-0.2, -0.15) is 0 Å². The van der Waals surface area contributed by atoms with Gasteiger partial charge in [-0.1, -0.05) is 12.1 Å². The van der Waals surface area contributed by atoms with E-state index >= 15 is 0 Å². The first kappa shape index (κ1) is 11.4. The molecule has 78 valence electrons. The van der Waals surface area contributed by atoms with Gasteiger partial charge >= 0.3 is 0 Å². The van der Waals surface area contributed by atoms with Crippen LogP contribution in [-0.4, -0.2) is 18.4 Å². The molecule has 0 amide bonds. The van der Waals surface area contributed by atoms with Crippen LogP contribution in [0.2, 0.25) is 0 Å². The third-order valence-electron chi connectivity index (χ3n) is 1.95. The van der Waals surface area contributed by atoms with Gasteiger partial charge in [-0.15, -0.1) is 11.8 Å². The first-order valence-corrected chi connectivity index (χ1v) is 5.43. The van der Waals surface area contributed by atoms with Gasteiger partial charge in [0.15, 0.2) is 0 Å². The number of thioether (sulfide) groups is 1. The van der Waals surface area contributed by atoms with Crippen LogP contribution in [0.25, 0.3) is 0 Å². The minimum absolute atomic E-state index is 0.0502. The normalized spacial score (nSPS) is 11.4. The van der Waals surface area contributed by atoms with Crippen LogP contribution in [0.5, 0.6) is 5.75 Å². The second-order valence-corrected chi connectivity index (χ2v) is 5.47. The van der Waals surface area contributed by atoms with Crippen LogP contribution in [0.3, 0.4) is 0 Å². The van der Waals surface area contributed by atoms with E-state index in [-0.39, 0.29) is 4.75 Å². The average molecular weight is 211 g/mol. The summed E-state index contributed by atoms with van der Waals surface area (Å²) in [6.45, 7) is 4.91. The molecular formula is C11H17NOS. The van der Waals surface area contributed by atoms with Gasteiger partial charge in [0.05, 0.1) is 7.11 Å². The first-order chi connectivity index (χ1) is 6.59. The number of rotatable bonds is 4. The predicted octanol–water partition coefficient (Wildman–Crippen LogP) is 2.52. The predicted molar refractivity (Wildman–Crippen MR) is 62.0 cm³/mol. The van der Waals surface area contributed by atoms with Crippen LogP contribution < -0.4 is 10.5 Å². The molecule has 0 aromatic heterocycles. The van der Waals surface area contributed by atoms with Gasteiger partial charge in [0.2, 0.25) is 0 Å². The SMILES string of the molecule is COc1ccccc1SC(C)(C)CN. The molecule has 1 aromatic rings. The zero-order chi connectivity index (χ0) is 10.6. The summed E-state index contributed by atoms with van der Waals surface area (Å²) in [5.41, 5.74) is 5.68. The summed E-state index contributed by atoms with van der Waals surface area (Å²) in [6, 6.07) is 8.01. The Balaban J connectivity index is 2.85. The number of ether oxygens (including phenoxy) is 1. The highest BCUT2D eigenvalue weighted by Gasteiger charge is 2.18. The van der Waals surface area contributed by atoms with Gasteiger partial charge in [-0.3, -0.25) is 0 Å². The number of benzene rings is 1. The molecule has 2 N–H and O–H groups in total. The molecule has 0 unspecified atom stereocenters. The lowest BCUT2D eigenvalue weighted by molar-refractivity contribution is 0.404. The maximum Gasteiger partial charge on any atom is 0.132 e. The minimum atomic E-state index is 0.0502. The zero-order valence-corrected chi connectivity index (χ0v) is 9.73. The van der Waals surface area contributed by atoms with Crippen molar-refractivity contribution in [2.45, 2.75) is 23.5 Å². The molecule has 0 saturated heterocycles. The second kappa shape index (κ2) is 4.71. The number of hydrogen-bond acceptors (Lipinski definition) is 3. The molecule has 1 aromatic carbocycles. The van der Waals surface area contributed by atoms with Crippen LogP contribution in [0, 0.1) is 0 Å². The lowest BCUT2D eigenvalue weighted by Gasteiger charge is -2.22. The van der Waals surface area contributed by atoms with Crippen LogP contribution in [0.15, 0.2) is 29.2 Å². The minimum Gasteiger partial charge on any atom is -0.496 e. The lowest BCUT2D eigenvalue weighted by Crippen LogP contribution is -2.26. The van der Waals surface area contributed by atoms with Crippen LogP contribution in [0.1, 0.15) is 13.8 Å². The van der Waals surface area contributed by atoms with Gasteiger partial charge in [0.25, 0.3) is 0 Å². The first-order valence-electron chi connectivity index (χ1n) is 4.61. The Kier molecular flexibility index (Phi) is 3.84. The van der Waals surface area contributed by atoms with E-state index in [0.29, 0.717) is 6.54 Å². The molecule has 0 heterocycles. The maximum absolute atomic E-state index is 5.68. The third-order valence-corrected chi connectivity index (χ3v) is 3.22. The van der Waals surface area contributed by atoms with Crippen molar-refractivity contribution in [2.75, 3.05) is 13.7 Å². The molecule has 0 fully saturated rings. The van der Waals surface area contributed by atoms with Crippen LogP contribution in [0.4, 0.5) is 0 Å². The fourth-order valence-electron chi connectivity index (χ4n) is 1.04. The van der Waals surface area contributed by atoms with E-state index in [1.807, 2.05) is 18.2 Å². The van der Waals surface area contributed by atoms with Crippen molar-refractivity contribution in [1.82, 2.24) is 0 Å². The Morgan fingerprint density at radius 1 is 1.36 bits per heavy atom. The van der Waals surface area contributed by atoms with E-state index in [1.165, 1.54) is 0 Å². The Morgan fingerprint density at radius 2 is 2.00 bits per heavy atom. The number of para-hydroxylation sites is 1. The number of methoxy groups -OCH3 is 1. The molecule has 0 saturated carbocycles. The molecule has 0 aliphatic rings. The molecule has 0 atom stereocenters. The third kappa shape index (κ3) is 2.93. The van der Waals surface area contributed by atoms with Crippen molar-refractivity contribution in [1.29, 1.82) is 0 Å².